The van der Waals surface area contributed by atoms with Gasteiger partial charge in [-0.2, -0.15) is 0 Å². The molecule has 1 N–H and O–H groups in total. The summed E-state index contributed by atoms with van der Waals surface area (Å²) in [4.78, 5) is 1.35. The first kappa shape index (κ1) is 14.0. The van der Waals surface area contributed by atoms with Gasteiger partial charge in [0, 0.05) is 17.1 Å². The lowest BCUT2D eigenvalue weighted by molar-refractivity contribution is 0.861. The summed E-state index contributed by atoms with van der Waals surface area (Å²) >= 11 is 1.89. The number of nitrogens with one attached hydrogen (secondary N) is 1. The Kier molecular flexibility index (Phi) is 5.83. The third-order valence-electron chi connectivity index (χ3n) is 2.99. The Balaban J connectivity index is 1.79. The van der Waals surface area contributed by atoms with E-state index < -0.39 is 0 Å². The van der Waals surface area contributed by atoms with Gasteiger partial charge >= 0.3 is 0 Å². The molecule has 0 saturated heterocycles. The maximum absolute atomic E-state index is 3.55. The Morgan fingerprint density at radius 3 is 2.47 bits per heavy atom. The molecule has 0 unspecified atom stereocenters. The van der Waals surface area contributed by atoms with Crippen LogP contribution >= 0.6 is 11.8 Å². The third-order valence-corrected chi connectivity index (χ3v) is 3.94. The molecule has 0 radical (unpaired) electrons. The van der Waals surface area contributed by atoms with Gasteiger partial charge in [-0.25, -0.2) is 0 Å². The monoisotopic (exact) mass is 271 g/mol. The minimum Gasteiger partial charge on any atom is -0.384 e. The number of aryl methyl sites for hydroxylation is 1. The van der Waals surface area contributed by atoms with Crippen molar-refractivity contribution in [2.24, 2.45) is 0 Å². The number of hydrogen-bond acceptors (Lipinski definition) is 2. The molecule has 0 amide bonds. The van der Waals surface area contributed by atoms with Crippen LogP contribution in [0.2, 0.25) is 0 Å². The summed E-state index contributed by atoms with van der Waals surface area (Å²) in [5, 5.41) is 3.55. The standard InChI is InChI=1S/C17H21NS/c1-2-19-17-13-7-6-12-16(17)18-14-8-11-15-9-4-3-5-10-15/h3-7,9-10,12-13,18H,2,8,11,14H2,1H3. The van der Waals surface area contributed by atoms with Crippen molar-refractivity contribution in [3.8, 4) is 0 Å². The number of anilines is 1. The van der Waals surface area contributed by atoms with Crippen molar-refractivity contribution in [1.82, 2.24) is 0 Å². The van der Waals surface area contributed by atoms with Gasteiger partial charge in [-0.1, -0.05) is 49.4 Å². The highest BCUT2D eigenvalue weighted by Gasteiger charge is 2.00. The van der Waals surface area contributed by atoms with E-state index >= 15 is 0 Å². The van der Waals surface area contributed by atoms with Gasteiger partial charge in [0.15, 0.2) is 0 Å². The lowest BCUT2D eigenvalue weighted by Crippen LogP contribution is -2.03. The van der Waals surface area contributed by atoms with Crippen LogP contribution < -0.4 is 5.32 Å². The van der Waals surface area contributed by atoms with Crippen molar-refractivity contribution in [1.29, 1.82) is 0 Å². The zero-order chi connectivity index (χ0) is 13.3. The van der Waals surface area contributed by atoms with E-state index in [2.05, 4.69) is 66.8 Å². The molecule has 0 bridgehead atoms. The Morgan fingerprint density at radius 2 is 1.68 bits per heavy atom. The van der Waals surface area contributed by atoms with Crippen LogP contribution in [0.1, 0.15) is 18.9 Å². The first-order chi connectivity index (χ1) is 9.40. The van der Waals surface area contributed by atoms with Gasteiger partial charge in [-0.15, -0.1) is 11.8 Å². The topological polar surface area (TPSA) is 12.0 Å². The van der Waals surface area contributed by atoms with Crippen LogP contribution in [-0.4, -0.2) is 12.3 Å². The van der Waals surface area contributed by atoms with Crippen LogP contribution in [-0.2, 0) is 6.42 Å². The fourth-order valence-electron chi connectivity index (χ4n) is 2.05. The number of thioether (sulfide) groups is 1. The largest absolute Gasteiger partial charge is 0.384 e. The molecular weight excluding hydrogens is 250 g/mol. The smallest absolute Gasteiger partial charge is 0.0478 e. The Morgan fingerprint density at radius 1 is 0.947 bits per heavy atom. The van der Waals surface area contributed by atoms with Gasteiger partial charge in [-0.3, -0.25) is 0 Å². The highest BCUT2D eigenvalue weighted by atomic mass is 32.2. The summed E-state index contributed by atoms with van der Waals surface area (Å²) in [5.74, 6) is 1.11. The van der Waals surface area contributed by atoms with E-state index in [-0.39, 0.29) is 0 Å². The quantitative estimate of drug-likeness (QED) is 0.571. The molecule has 2 heteroatoms. The van der Waals surface area contributed by atoms with Gasteiger partial charge in [0.25, 0.3) is 0 Å². The van der Waals surface area contributed by atoms with Crippen LogP contribution in [0, 0.1) is 0 Å². The Labute approximate surface area is 120 Å². The molecule has 2 aromatic carbocycles. The zero-order valence-corrected chi connectivity index (χ0v) is 12.2. The molecule has 0 atom stereocenters. The molecule has 0 heterocycles. The van der Waals surface area contributed by atoms with Crippen LogP contribution in [0.3, 0.4) is 0 Å². The van der Waals surface area contributed by atoms with Crippen molar-refractivity contribution in [2.45, 2.75) is 24.7 Å². The summed E-state index contributed by atoms with van der Waals surface area (Å²) in [6.07, 6.45) is 2.30. The average molecular weight is 271 g/mol. The first-order valence-electron chi connectivity index (χ1n) is 6.90. The van der Waals surface area contributed by atoms with Gasteiger partial charge in [0.1, 0.15) is 0 Å². The predicted molar refractivity (Wildman–Crippen MR) is 86.1 cm³/mol. The van der Waals surface area contributed by atoms with Gasteiger partial charge < -0.3 is 5.32 Å². The lowest BCUT2D eigenvalue weighted by atomic mass is 10.1. The maximum atomic E-state index is 3.55. The second kappa shape index (κ2) is 7.90. The van der Waals surface area contributed by atoms with E-state index in [1.165, 1.54) is 16.1 Å². The molecule has 2 rings (SSSR count). The number of benzene rings is 2. The number of rotatable bonds is 7. The minimum absolute atomic E-state index is 1.02. The molecule has 100 valence electrons. The number of para-hydroxylation sites is 1. The molecule has 0 saturated carbocycles. The van der Waals surface area contributed by atoms with Crippen molar-refractivity contribution in [3.63, 3.8) is 0 Å². The Bertz CT molecular complexity index is 482. The first-order valence-corrected chi connectivity index (χ1v) is 7.88. The van der Waals surface area contributed by atoms with E-state index in [9.17, 15) is 0 Å². The van der Waals surface area contributed by atoms with Gasteiger partial charge in [0.2, 0.25) is 0 Å². The molecule has 0 spiro atoms. The lowest BCUT2D eigenvalue weighted by Gasteiger charge is -2.11. The summed E-state index contributed by atoms with van der Waals surface area (Å²) < 4.78 is 0. The van der Waals surface area contributed by atoms with E-state index in [1.54, 1.807) is 0 Å². The zero-order valence-electron chi connectivity index (χ0n) is 11.4. The molecule has 19 heavy (non-hydrogen) atoms. The third kappa shape index (κ3) is 4.64. The summed E-state index contributed by atoms with van der Waals surface area (Å²) in [5.41, 5.74) is 2.68. The van der Waals surface area contributed by atoms with E-state index in [1.807, 2.05) is 11.8 Å². The molecule has 0 aromatic heterocycles. The summed E-state index contributed by atoms with van der Waals surface area (Å²) in [6, 6.07) is 19.2. The molecular formula is C17H21NS. The number of hydrogen-bond donors (Lipinski definition) is 1. The van der Waals surface area contributed by atoms with Crippen LogP contribution in [0.25, 0.3) is 0 Å². The molecule has 0 fully saturated rings. The molecule has 2 aromatic rings. The van der Waals surface area contributed by atoms with E-state index in [4.69, 9.17) is 0 Å². The second-order valence-electron chi connectivity index (χ2n) is 4.45. The fraction of sp³-hybridized carbons (Fsp3) is 0.294. The van der Waals surface area contributed by atoms with Crippen molar-refractivity contribution in [3.05, 3.63) is 60.2 Å². The molecule has 1 nitrogen and oxygen atoms in total. The van der Waals surface area contributed by atoms with Crippen molar-refractivity contribution in [2.75, 3.05) is 17.6 Å². The van der Waals surface area contributed by atoms with Gasteiger partial charge in [-0.05, 0) is 36.3 Å². The minimum atomic E-state index is 1.02. The highest BCUT2D eigenvalue weighted by molar-refractivity contribution is 7.99. The van der Waals surface area contributed by atoms with Crippen LogP contribution in [0.4, 0.5) is 5.69 Å². The van der Waals surface area contributed by atoms with Crippen molar-refractivity contribution < 1.29 is 0 Å². The maximum Gasteiger partial charge on any atom is 0.0478 e. The summed E-state index contributed by atoms with van der Waals surface area (Å²) in [7, 11) is 0. The van der Waals surface area contributed by atoms with Crippen molar-refractivity contribution >= 4 is 17.4 Å². The van der Waals surface area contributed by atoms with Gasteiger partial charge in [0.05, 0.1) is 0 Å². The fourth-order valence-corrected chi connectivity index (χ4v) is 2.84. The predicted octanol–water partition coefficient (Wildman–Crippen LogP) is 4.84. The second-order valence-corrected chi connectivity index (χ2v) is 5.75. The molecule has 0 aliphatic heterocycles. The SMILES string of the molecule is CCSc1ccccc1NCCCc1ccccc1. The normalized spacial score (nSPS) is 10.4. The highest BCUT2D eigenvalue weighted by Crippen LogP contribution is 2.26. The van der Waals surface area contributed by atoms with Crippen LogP contribution in [0.15, 0.2) is 59.5 Å². The molecule has 0 aliphatic carbocycles. The van der Waals surface area contributed by atoms with E-state index in [0.29, 0.717) is 0 Å². The van der Waals surface area contributed by atoms with Crippen LogP contribution in [0.5, 0.6) is 0 Å². The average Bonchev–Trinajstić information content (AvgIpc) is 2.47. The Hall–Kier alpha value is -1.41. The summed E-state index contributed by atoms with van der Waals surface area (Å²) in [6.45, 7) is 3.22. The molecule has 0 aliphatic rings. The van der Waals surface area contributed by atoms with E-state index in [0.717, 1.165) is 25.1 Å².